The first-order chi connectivity index (χ1) is 10.8. The van der Waals surface area contributed by atoms with Crippen molar-refractivity contribution in [2.24, 2.45) is 0 Å². The van der Waals surface area contributed by atoms with Gasteiger partial charge >= 0.3 is 0 Å². The molecule has 2 aromatic rings. The number of anilines is 2. The molecular formula is C14H14ClFN4O2S. The molecule has 0 spiro atoms. The highest BCUT2D eigenvalue weighted by atomic mass is 35.5. The summed E-state index contributed by atoms with van der Waals surface area (Å²) in [5, 5.41) is 0.0935. The van der Waals surface area contributed by atoms with Crippen molar-refractivity contribution in [3.63, 3.8) is 0 Å². The Hall–Kier alpha value is -1.93. The molecule has 0 aliphatic carbocycles. The molecule has 2 heterocycles. The Morgan fingerprint density at radius 3 is 2.74 bits per heavy atom. The lowest BCUT2D eigenvalue weighted by atomic mass is 10.2. The van der Waals surface area contributed by atoms with Gasteiger partial charge in [-0.25, -0.2) is 22.8 Å². The summed E-state index contributed by atoms with van der Waals surface area (Å²) in [5.41, 5.74) is 1.00. The molecule has 1 aromatic heterocycles. The fraction of sp³-hybridized carbons (Fsp3) is 0.286. The number of benzene rings is 1. The van der Waals surface area contributed by atoms with Gasteiger partial charge in [0.2, 0.25) is 15.0 Å². The summed E-state index contributed by atoms with van der Waals surface area (Å²) in [4.78, 5) is 11.5. The van der Waals surface area contributed by atoms with E-state index in [1.807, 2.05) is 0 Å². The van der Waals surface area contributed by atoms with Crippen molar-refractivity contribution >= 4 is 32.9 Å². The fourth-order valence-corrected chi connectivity index (χ4v) is 3.30. The second kappa shape index (κ2) is 5.61. The number of rotatable bonds is 2. The van der Waals surface area contributed by atoms with Crippen LogP contribution >= 0.6 is 11.6 Å². The zero-order valence-corrected chi connectivity index (χ0v) is 14.1. The molecule has 6 nitrogen and oxygen atoms in total. The molecule has 0 fully saturated rings. The van der Waals surface area contributed by atoms with E-state index in [1.54, 1.807) is 29.0 Å². The molecule has 0 unspecified atom stereocenters. The van der Waals surface area contributed by atoms with Crippen molar-refractivity contribution in [1.82, 2.24) is 9.97 Å². The summed E-state index contributed by atoms with van der Waals surface area (Å²) < 4.78 is 37.3. The molecule has 3 rings (SSSR count). The Balaban J connectivity index is 2.02. The van der Waals surface area contributed by atoms with Gasteiger partial charge in [0.15, 0.2) is 0 Å². The van der Waals surface area contributed by atoms with E-state index in [0.717, 1.165) is 6.26 Å². The second-order valence-electron chi connectivity index (χ2n) is 5.38. The Kier molecular flexibility index (Phi) is 3.89. The number of halogens is 2. The number of aromatic nitrogens is 2. The fourth-order valence-electron chi connectivity index (χ4n) is 2.52. The predicted molar refractivity (Wildman–Crippen MR) is 86.0 cm³/mol. The normalized spacial score (nSPS) is 14.8. The van der Waals surface area contributed by atoms with Gasteiger partial charge in [0.05, 0.1) is 23.9 Å². The minimum Gasteiger partial charge on any atom is -0.346 e. The molecule has 1 aromatic carbocycles. The van der Waals surface area contributed by atoms with Gasteiger partial charge in [-0.1, -0.05) is 17.7 Å². The van der Waals surface area contributed by atoms with E-state index in [1.165, 1.54) is 12.3 Å². The van der Waals surface area contributed by atoms with Gasteiger partial charge in [-0.05, 0) is 12.1 Å². The lowest BCUT2D eigenvalue weighted by molar-refractivity contribution is 0.589. The van der Waals surface area contributed by atoms with Crippen molar-refractivity contribution in [1.29, 1.82) is 0 Å². The summed E-state index contributed by atoms with van der Waals surface area (Å²) in [6.07, 6.45) is 2.51. The van der Waals surface area contributed by atoms with Gasteiger partial charge in [0.25, 0.3) is 0 Å². The average molecular weight is 357 g/mol. The van der Waals surface area contributed by atoms with Crippen molar-refractivity contribution < 1.29 is 12.8 Å². The molecular weight excluding hydrogens is 343 g/mol. The van der Waals surface area contributed by atoms with E-state index < -0.39 is 15.7 Å². The van der Waals surface area contributed by atoms with Crippen LogP contribution in [0.3, 0.4) is 0 Å². The zero-order valence-electron chi connectivity index (χ0n) is 12.5. The molecule has 0 saturated carbocycles. The largest absolute Gasteiger partial charge is 0.346 e. The van der Waals surface area contributed by atoms with E-state index in [2.05, 4.69) is 9.97 Å². The third-order valence-electron chi connectivity index (χ3n) is 3.51. The second-order valence-corrected chi connectivity index (χ2v) is 7.70. The quantitative estimate of drug-likeness (QED) is 0.768. The van der Waals surface area contributed by atoms with Crippen LogP contribution in [0.2, 0.25) is 5.02 Å². The maximum Gasteiger partial charge on any atom is 0.248 e. The highest BCUT2D eigenvalue weighted by Crippen LogP contribution is 2.34. The Bertz CT molecular complexity index is 855. The number of nitrogens with zero attached hydrogens (tertiary/aromatic N) is 4. The standard InChI is InChI=1S/C14H14ClFN4O2S/c1-19-8-20(12-10(15)4-3-5-11(12)16)7-9-6-17-14(18-13(9)19)23(2,21)22/h3-6H,7-8H2,1-2H3. The summed E-state index contributed by atoms with van der Waals surface area (Å²) in [5.74, 6) is 0.104. The first kappa shape index (κ1) is 15.9. The Morgan fingerprint density at radius 1 is 1.35 bits per heavy atom. The summed E-state index contributed by atoms with van der Waals surface area (Å²) in [6.45, 7) is 0.665. The average Bonchev–Trinajstić information content (AvgIpc) is 2.46. The van der Waals surface area contributed by atoms with Crippen LogP contribution in [0.4, 0.5) is 15.9 Å². The summed E-state index contributed by atoms with van der Waals surface area (Å²) in [7, 11) is -1.73. The van der Waals surface area contributed by atoms with E-state index in [9.17, 15) is 12.8 Å². The molecule has 122 valence electrons. The number of hydrogen-bond acceptors (Lipinski definition) is 6. The van der Waals surface area contributed by atoms with Crippen molar-refractivity contribution in [2.75, 3.05) is 29.8 Å². The predicted octanol–water partition coefficient (Wildman–Crippen LogP) is 2.09. The van der Waals surface area contributed by atoms with Crippen LogP contribution in [0.25, 0.3) is 0 Å². The van der Waals surface area contributed by atoms with Crippen molar-refractivity contribution in [3.05, 3.63) is 40.8 Å². The van der Waals surface area contributed by atoms with Crippen LogP contribution in [0.15, 0.2) is 29.6 Å². The maximum absolute atomic E-state index is 14.1. The van der Waals surface area contributed by atoms with Gasteiger partial charge in [-0.15, -0.1) is 0 Å². The smallest absolute Gasteiger partial charge is 0.248 e. The van der Waals surface area contributed by atoms with Crippen LogP contribution in [-0.4, -0.2) is 38.4 Å². The molecule has 0 amide bonds. The molecule has 0 atom stereocenters. The molecule has 9 heteroatoms. The minimum absolute atomic E-state index is 0.222. The van der Waals surface area contributed by atoms with Gasteiger partial charge in [-0.2, -0.15) is 0 Å². The molecule has 1 aliphatic heterocycles. The Morgan fingerprint density at radius 2 is 2.09 bits per heavy atom. The topological polar surface area (TPSA) is 66.4 Å². The van der Waals surface area contributed by atoms with Crippen molar-refractivity contribution in [3.8, 4) is 0 Å². The van der Waals surface area contributed by atoms with Crippen LogP contribution in [-0.2, 0) is 16.4 Å². The summed E-state index contributed by atoms with van der Waals surface area (Å²) in [6, 6.07) is 4.52. The van der Waals surface area contributed by atoms with Crippen LogP contribution < -0.4 is 9.80 Å². The van der Waals surface area contributed by atoms with Crippen LogP contribution in [0.5, 0.6) is 0 Å². The molecule has 0 N–H and O–H groups in total. The summed E-state index contributed by atoms with van der Waals surface area (Å²) >= 11 is 6.11. The molecule has 1 aliphatic rings. The van der Waals surface area contributed by atoms with Crippen LogP contribution in [0, 0.1) is 5.82 Å². The molecule has 23 heavy (non-hydrogen) atoms. The highest BCUT2D eigenvalue weighted by molar-refractivity contribution is 7.90. The Labute approximate surface area is 138 Å². The SMILES string of the molecule is CN1CN(c2c(F)cccc2Cl)Cc2cnc(S(C)(=O)=O)nc21. The third kappa shape index (κ3) is 2.96. The first-order valence-corrected chi connectivity index (χ1v) is 9.00. The zero-order chi connectivity index (χ0) is 16.8. The number of fused-ring (bicyclic) bond motifs is 1. The monoisotopic (exact) mass is 356 g/mol. The molecule has 0 saturated heterocycles. The van der Waals surface area contributed by atoms with E-state index in [-0.39, 0.29) is 5.16 Å². The maximum atomic E-state index is 14.1. The van der Waals surface area contributed by atoms with E-state index >= 15 is 0 Å². The lowest BCUT2D eigenvalue weighted by Crippen LogP contribution is -2.41. The van der Waals surface area contributed by atoms with Gasteiger partial charge < -0.3 is 9.80 Å². The van der Waals surface area contributed by atoms with Gasteiger partial charge in [0.1, 0.15) is 11.6 Å². The number of sulfone groups is 1. The number of hydrogen-bond donors (Lipinski definition) is 0. The third-order valence-corrected chi connectivity index (χ3v) is 4.68. The molecule has 0 radical (unpaired) electrons. The minimum atomic E-state index is -3.48. The van der Waals surface area contributed by atoms with E-state index in [4.69, 9.17) is 11.6 Å². The number of para-hydroxylation sites is 1. The van der Waals surface area contributed by atoms with Gasteiger partial charge in [0, 0.05) is 25.1 Å². The van der Waals surface area contributed by atoms with Crippen LogP contribution in [0.1, 0.15) is 5.56 Å². The molecule has 0 bridgehead atoms. The van der Waals surface area contributed by atoms with E-state index in [0.29, 0.717) is 35.3 Å². The lowest BCUT2D eigenvalue weighted by Gasteiger charge is -2.36. The first-order valence-electron chi connectivity index (χ1n) is 6.73. The van der Waals surface area contributed by atoms with Gasteiger partial charge in [-0.3, -0.25) is 0 Å². The highest BCUT2D eigenvalue weighted by Gasteiger charge is 2.27. The van der Waals surface area contributed by atoms with Crippen molar-refractivity contribution in [2.45, 2.75) is 11.7 Å².